The van der Waals surface area contributed by atoms with Gasteiger partial charge >= 0.3 is 0 Å². The zero-order valence-electron chi connectivity index (χ0n) is 11.1. The summed E-state index contributed by atoms with van der Waals surface area (Å²) in [6.45, 7) is 3.39. The molecule has 2 fully saturated rings. The number of nitrogens with zero attached hydrogens (tertiary/aromatic N) is 3. The summed E-state index contributed by atoms with van der Waals surface area (Å²) in [5.74, 6) is 3.19. The van der Waals surface area contributed by atoms with Crippen LogP contribution in [0.1, 0.15) is 57.2 Å². The first kappa shape index (κ1) is 11.8. The number of hydrogen-bond donors (Lipinski definition) is 1. The Bertz CT molecular complexity index is 428. The van der Waals surface area contributed by atoms with Crippen molar-refractivity contribution in [2.45, 2.75) is 57.4 Å². The van der Waals surface area contributed by atoms with Gasteiger partial charge in [0.05, 0.1) is 0 Å². The second-order valence-corrected chi connectivity index (χ2v) is 5.68. The third-order valence-corrected chi connectivity index (χ3v) is 4.04. The SMILES string of the molecule is CC1CCCCCN1c1cc(N)nc(C2CC2)n1. The Morgan fingerprint density at radius 3 is 2.78 bits per heavy atom. The van der Waals surface area contributed by atoms with Gasteiger partial charge in [-0.2, -0.15) is 0 Å². The quantitative estimate of drug-likeness (QED) is 0.871. The zero-order valence-corrected chi connectivity index (χ0v) is 11.1. The minimum Gasteiger partial charge on any atom is -0.384 e. The minimum atomic E-state index is 0.564. The summed E-state index contributed by atoms with van der Waals surface area (Å²) in [6.07, 6.45) is 7.61. The maximum absolute atomic E-state index is 5.94. The molecule has 0 spiro atoms. The number of rotatable bonds is 2. The van der Waals surface area contributed by atoms with E-state index in [2.05, 4.69) is 16.8 Å². The van der Waals surface area contributed by atoms with Crippen LogP contribution in [0.4, 0.5) is 11.6 Å². The van der Waals surface area contributed by atoms with E-state index in [4.69, 9.17) is 10.7 Å². The van der Waals surface area contributed by atoms with Crippen molar-refractivity contribution in [2.75, 3.05) is 17.2 Å². The monoisotopic (exact) mass is 246 g/mol. The molecule has 2 aliphatic rings. The third kappa shape index (κ3) is 2.42. The molecule has 4 heteroatoms. The lowest BCUT2D eigenvalue weighted by molar-refractivity contribution is 0.609. The molecule has 98 valence electrons. The van der Waals surface area contributed by atoms with Crippen LogP contribution in [0.3, 0.4) is 0 Å². The molecule has 1 aromatic rings. The smallest absolute Gasteiger partial charge is 0.136 e. The van der Waals surface area contributed by atoms with E-state index in [1.54, 1.807) is 0 Å². The Morgan fingerprint density at radius 2 is 2.00 bits per heavy atom. The van der Waals surface area contributed by atoms with Gasteiger partial charge in [-0.05, 0) is 32.6 Å². The highest BCUT2D eigenvalue weighted by Gasteiger charge is 2.28. The fourth-order valence-electron chi connectivity index (χ4n) is 2.76. The molecule has 1 saturated carbocycles. The molecule has 0 aromatic carbocycles. The van der Waals surface area contributed by atoms with E-state index in [0.29, 0.717) is 17.8 Å². The molecular formula is C14H22N4. The van der Waals surface area contributed by atoms with Crippen LogP contribution in [0.25, 0.3) is 0 Å². The van der Waals surface area contributed by atoms with E-state index in [-0.39, 0.29) is 0 Å². The number of hydrogen-bond acceptors (Lipinski definition) is 4. The van der Waals surface area contributed by atoms with Crippen LogP contribution in [-0.2, 0) is 0 Å². The molecule has 2 heterocycles. The van der Waals surface area contributed by atoms with Crippen LogP contribution in [-0.4, -0.2) is 22.6 Å². The lowest BCUT2D eigenvalue weighted by Gasteiger charge is -2.28. The van der Waals surface area contributed by atoms with Crippen molar-refractivity contribution in [3.63, 3.8) is 0 Å². The fourth-order valence-corrected chi connectivity index (χ4v) is 2.76. The number of nitrogens with two attached hydrogens (primary N) is 1. The van der Waals surface area contributed by atoms with Crippen LogP contribution in [0, 0.1) is 0 Å². The number of anilines is 2. The van der Waals surface area contributed by atoms with Gasteiger partial charge in [0, 0.05) is 24.6 Å². The van der Waals surface area contributed by atoms with Gasteiger partial charge in [-0.1, -0.05) is 12.8 Å². The molecule has 2 N–H and O–H groups in total. The van der Waals surface area contributed by atoms with Crippen molar-refractivity contribution in [1.82, 2.24) is 9.97 Å². The third-order valence-electron chi connectivity index (χ3n) is 4.04. The van der Waals surface area contributed by atoms with Gasteiger partial charge in [-0.15, -0.1) is 0 Å². The van der Waals surface area contributed by atoms with E-state index < -0.39 is 0 Å². The summed E-state index contributed by atoms with van der Waals surface area (Å²) in [5.41, 5.74) is 5.94. The Labute approximate surface area is 109 Å². The summed E-state index contributed by atoms with van der Waals surface area (Å²) >= 11 is 0. The van der Waals surface area contributed by atoms with Gasteiger partial charge < -0.3 is 10.6 Å². The second kappa shape index (κ2) is 4.75. The minimum absolute atomic E-state index is 0.564. The van der Waals surface area contributed by atoms with Crippen molar-refractivity contribution in [3.8, 4) is 0 Å². The van der Waals surface area contributed by atoms with Gasteiger partial charge in [0.15, 0.2) is 0 Å². The highest BCUT2D eigenvalue weighted by Crippen LogP contribution is 2.39. The molecule has 0 amide bonds. The Hall–Kier alpha value is -1.32. The van der Waals surface area contributed by atoms with Crippen LogP contribution in [0.15, 0.2) is 6.07 Å². The van der Waals surface area contributed by atoms with E-state index in [1.807, 2.05) is 6.07 Å². The summed E-state index contributed by atoms with van der Waals surface area (Å²) in [5, 5.41) is 0. The van der Waals surface area contributed by atoms with Crippen LogP contribution >= 0.6 is 0 Å². The topological polar surface area (TPSA) is 55.0 Å². The average Bonchev–Trinajstić information content (AvgIpc) is 3.15. The van der Waals surface area contributed by atoms with E-state index in [0.717, 1.165) is 18.2 Å². The molecule has 1 saturated heterocycles. The maximum Gasteiger partial charge on any atom is 0.136 e. The zero-order chi connectivity index (χ0) is 12.5. The van der Waals surface area contributed by atoms with E-state index in [9.17, 15) is 0 Å². The first-order valence-electron chi connectivity index (χ1n) is 7.15. The predicted octanol–water partition coefficient (Wildman–Crippen LogP) is 2.71. The Kier molecular flexibility index (Phi) is 3.10. The second-order valence-electron chi connectivity index (χ2n) is 5.68. The van der Waals surface area contributed by atoms with Crippen LogP contribution in [0.2, 0.25) is 0 Å². The molecule has 1 atom stereocenters. The highest BCUT2D eigenvalue weighted by molar-refractivity contribution is 5.48. The standard InChI is InChI=1S/C14H22N4/c1-10-5-3-2-4-8-18(10)13-9-12(15)16-14(17-13)11-6-7-11/h9-11H,2-8H2,1H3,(H2,15,16,17). The van der Waals surface area contributed by atoms with Gasteiger partial charge in [-0.3, -0.25) is 0 Å². The van der Waals surface area contributed by atoms with Crippen molar-refractivity contribution in [3.05, 3.63) is 11.9 Å². The van der Waals surface area contributed by atoms with Crippen molar-refractivity contribution in [1.29, 1.82) is 0 Å². The van der Waals surface area contributed by atoms with Crippen LogP contribution < -0.4 is 10.6 Å². The number of aromatic nitrogens is 2. The largest absolute Gasteiger partial charge is 0.384 e. The van der Waals surface area contributed by atoms with Gasteiger partial charge in [0.25, 0.3) is 0 Å². The van der Waals surface area contributed by atoms with E-state index >= 15 is 0 Å². The number of nitrogen functional groups attached to an aromatic ring is 1. The normalized spacial score (nSPS) is 24.9. The van der Waals surface area contributed by atoms with Crippen LogP contribution in [0.5, 0.6) is 0 Å². The van der Waals surface area contributed by atoms with Crippen molar-refractivity contribution >= 4 is 11.6 Å². The Balaban J connectivity index is 1.89. The summed E-state index contributed by atoms with van der Waals surface area (Å²) < 4.78 is 0. The van der Waals surface area contributed by atoms with Gasteiger partial charge in [0.1, 0.15) is 17.5 Å². The summed E-state index contributed by atoms with van der Waals surface area (Å²) in [4.78, 5) is 11.5. The average molecular weight is 246 g/mol. The lowest BCUT2D eigenvalue weighted by atomic mass is 10.1. The van der Waals surface area contributed by atoms with Gasteiger partial charge in [-0.25, -0.2) is 9.97 Å². The van der Waals surface area contributed by atoms with E-state index in [1.165, 1.54) is 38.5 Å². The predicted molar refractivity (Wildman–Crippen MR) is 73.7 cm³/mol. The molecule has 1 aliphatic heterocycles. The summed E-state index contributed by atoms with van der Waals surface area (Å²) in [6, 6.07) is 2.50. The van der Waals surface area contributed by atoms with Crippen molar-refractivity contribution < 1.29 is 0 Å². The molecule has 18 heavy (non-hydrogen) atoms. The molecule has 0 radical (unpaired) electrons. The molecular weight excluding hydrogens is 224 g/mol. The fraction of sp³-hybridized carbons (Fsp3) is 0.714. The Morgan fingerprint density at radius 1 is 1.17 bits per heavy atom. The molecule has 1 unspecified atom stereocenters. The van der Waals surface area contributed by atoms with Gasteiger partial charge in [0.2, 0.25) is 0 Å². The summed E-state index contributed by atoms with van der Waals surface area (Å²) in [7, 11) is 0. The highest BCUT2D eigenvalue weighted by atomic mass is 15.2. The first-order valence-corrected chi connectivity index (χ1v) is 7.15. The first-order chi connectivity index (χ1) is 8.74. The molecule has 4 nitrogen and oxygen atoms in total. The molecule has 3 rings (SSSR count). The van der Waals surface area contributed by atoms with Crippen molar-refractivity contribution in [2.24, 2.45) is 0 Å². The maximum atomic E-state index is 5.94. The molecule has 1 aromatic heterocycles. The molecule has 0 bridgehead atoms. The lowest BCUT2D eigenvalue weighted by Crippen LogP contribution is -2.33. The molecule has 1 aliphatic carbocycles.